The molecule has 34 heavy (non-hydrogen) atoms. The predicted molar refractivity (Wildman–Crippen MR) is 119 cm³/mol. The van der Waals surface area contributed by atoms with Gasteiger partial charge in [0.05, 0.1) is 26.2 Å². The molecule has 1 atom stereocenters. The van der Waals surface area contributed by atoms with E-state index < -0.39 is 29.9 Å². The highest BCUT2D eigenvalue weighted by atomic mass is 16.4. The number of carboxylic acid groups (broad SMARTS) is 4. The summed E-state index contributed by atoms with van der Waals surface area (Å²) < 4.78 is 0. The van der Waals surface area contributed by atoms with Gasteiger partial charge >= 0.3 is 23.9 Å². The number of Topliss-reactive ketones (excluding diaryl/α,β-unsaturated/α-hetero) is 1. The fraction of sp³-hybridized carbons (Fsp3) is 0.750. The lowest BCUT2D eigenvalue weighted by atomic mass is 10.1. The standard InChI is InChI=1S/C20H35N5O9/c21-11-15(26)1-2-16(20(33)34)25-9-7-23(13-18(29)30)5-3-22(12-17(27)28)4-6-24(8-10-25)14-19(31)32/h16H,1-14,21H2,(H,27,28)(H,29,30)(H,31,32)(H,33,34)/t16-/m1/s1. The van der Waals surface area contributed by atoms with Crippen LogP contribution < -0.4 is 5.73 Å². The Balaban J connectivity index is 3.11. The lowest BCUT2D eigenvalue weighted by Gasteiger charge is -2.35. The van der Waals surface area contributed by atoms with Crippen molar-refractivity contribution in [2.75, 3.05) is 78.5 Å². The lowest BCUT2D eigenvalue weighted by Crippen LogP contribution is -2.52. The Morgan fingerprint density at radius 3 is 1.29 bits per heavy atom. The molecule has 0 aromatic rings. The maximum absolute atomic E-state index is 12.0. The number of nitrogens with zero attached hydrogens (tertiary/aromatic N) is 4. The maximum atomic E-state index is 12.0. The van der Waals surface area contributed by atoms with Gasteiger partial charge in [0.15, 0.2) is 0 Å². The van der Waals surface area contributed by atoms with E-state index in [-0.39, 0.29) is 97.2 Å². The third-order valence-corrected chi connectivity index (χ3v) is 5.60. The van der Waals surface area contributed by atoms with Gasteiger partial charge in [-0.15, -0.1) is 0 Å². The van der Waals surface area contributed by atoms with Crippen molar-refractivity contribution < 1.29 is 44.4 Å². The van der Waals surface area contributed by atoms with Gasteiger partial charge in [0, 0.05) is 58.8 Å². The first-order chi connectivity index (χ1) is 16.0. The van der Waals surface area contributed by atoms with E-state index in [0.717, 1.165) is 0 Å². The van der Waals surface area contributed by atoms with Crippen molar-refractivity contribution >= 4 is 29.7 Å². The number of carbonyl (C=O) groups is 5. The quantitative estimate of drug-likeness (QED) is 0.188. The summed E-state index contributed by atoms with van der Waals surface area (Å²) in [5, 5.41) is 37.5. The molecular formula is C20H35N5O9. The zero-order chi connectivity index (χ0) is 25.7. The number of carboxylic acids is 4. The van der Waals surface area contributed by atoms with Gasteiger partial charge in [-0.2, -0.15) is 0 Å². The van der Waals surface area contributed by atoms with Crippen molar-refractivity contribution in [1.82, 2.24) is 19.6 Å². The molecule has 14 nitrogen and oxygen atoms in total. The Morgan fingerprint density at radius 2 is 1.00 bits per heavy atom. The van der Waals surface area contributed by atoms with Gasteiger partial charge in [0.2, 0.25) is 0 Å². The van der Waals surface area contributed by atoms with Gasteiger partial charge in [0.1, 0.15) is 11.8 Å². The number of hydrogen-bond donors (Lipinski definition) is 5. The summed E-state index contributed by atoms with van der Waals surface area (Å²) in [6.07, 6.45) is 0.00140. The smallest absolute Gasteiger partial charge is 0.320 e. The number of aliphatic carboxylic acids is 4. The minimum atomic E-state index is -1.14. The van der Waals surface area contributed by atoms with E-state index in [9.17, 15) is 44.4 Å². The molecule has 1 rings (SSSR count). The normalized spacial score (nSPS) is 19.0. The molecule has 0 unspecified atom stereocenters. The fourth-order valence-electron chi connectivity index (χ4n) is 3.77. The van der Waals surface area contributed by atoms with Gasteiger partial charge in [-0.3, -0.25) is 43.6 Å². The van der Waals surface area contributed by atoms with E-state index in [1.807, 2.05) is 0 Å². The Bertz CT molecular complexity index is 689. The maximum Gasteiger partial charge on any atom is 0.320 e. The molecule has 0 amide bonds. The highest BCUT2D eigenvalue weighted by Gasteiger charge is 2.28. The molecule has 0 aromatic carbocycles. The highest BCUT2D eigenvalue weighted by Crippen LogP contribution is 2.10. The van der Waals surface area contributed by atoms with Gasteiger partial charge < -0.3 is 26.2 Å². The van der Waals surface area contributed by atoms with Gasteiger partial charge in [-0.25, -0.2) is 0 Å². The fourth-order valence-corrected chi connectivity index (χ4v) is 3.77. The molecule has 194 valence electrons. The van der Waals surface area contributed by atoms with E-state index in [4.69, 9.17) is 5.73 Å². The summed E-state index contributed by atoms with van der Waals surface area (Å²) >= 11 is 0. The van der Waals surface area contributed by atoms with Crippen LogP contribution in [0.25, 0.3) is 0 Å². The molecular weight excluding hydrogens is 454 g/mol. The number of rotatable bonds is 12. The van der Waals surface area contributed by atoms with Crippen LogP contribution in [0.4, 0.5) is 0 Å². The van der Waals surface area contributed by atoms with Crippen molar-refractivity contribution in [3.8, 4) is 0 Å². The SMILES string of the molecule is NCC(=O)CC[C@H](C(=O)O)N1CCN(CC(=O)O)CCN(CC(=O)O)CCN(CC(=O)O)CC1. The molecule has 0 saturated carbocycles. The van der Waals surface area contributed by atoms with Crippen LogP contribution in [0, 0.1) is 0 Å². The lowest BCUT2D eigenvalue weighted by molar-refractivity contribution is -0.145. The molecule has 0 bridgehead atoms. The predicted octanol–water partition coefficient (Wildman–Crippen LogP) is -2.78. The van der Waals surface area contributed by atoms with Gasteiger partial charge in [0.25, 0.3) is 0 Å². The molecule has 0 aromatic heterocycles. The van der Waals surface area contributed by atoms with Crippen LogP contribution in [0.1, 0.15) is 12.8 Å². The molecule has 1 aliphatic heterocycles. The van der Waals surface area contributed by atoms with E-state index in [1.165, 1.54) is 0 Å². The zero-order valence-electron chi connectivity index (χ0n) is 19.2. The number of hydrogen-bond acceptors (Lipinski definition) is 10. The van der Waals surface area contributed by atoms with Crippen LogP contribution in [0.5, 0.6) is 0 Å². The third-order valence-electron chi connectivity index (χ3n) is 5.60. The number of ketones is 1. The van der Waals surface area contributed by atoms with Crippen molar-refractivity contribution in [2.24, 2.45) is 5.73 Å². The number of carbonyl (C=O) groups excluding carboxylic acids is 1. The second kappa shape index (κ2) is 15.3. The molecule has 6 N–H and O–H groups in total. The van der Waals surface area contributed by atoms with Crippen molar-refractivity contribution in [3.63, 3.8) is 0 Å². The van der Waals surface area contributed by atoms with E-state index in [0.29, 0.717) is 0 Å². The van der Waals surface area contributed by atoms with E-state index >= 15 is 0 Å². The second-order valence-corrected chi connectivity index (χ2v) is 8.18. The van der Waals surface area contributed by atoms with Crippen molar-refractivity contribution in [1.29, 1.82) is 0 Å². The third kappa shape index (κ3) is 12.0. The molecule has 1 saturated heterocycles. The van der Waals surface area contributed by atoms with Crippen LogP contribution >= 0.6 is 0 Å². The molecule has 0 aliphatic carbocycles. The van der Waals surface area contributed by atoms with E-state index in [1.54, 1.807) is 19.6 Å². The number of nitrogens with two attached hydrogens (primary N) is 1. The molecule has 0 radical (unpaired) electrons. The van der Waals surface area contributed by atoms with E-state index in [2.05, 4.69) is 0 Å². The summed E-state index contributed by atoms with van der Waals surface area (Å²) in [5.41, 5.74) is 5.32. The molecule has 1 heterocycles. The molecule has 1 fully saturated rings. The van der Waals surface area contributed by atoms with Gasteiger partial charge in [-0.1, -0.05) is 0 Å². The van der Waals surface area contributed by atoms with Crippen LogP contribution in [0.15, 0.2) is 0 Å². The topological polar surface area (TPSA) is 205 Å². The molecule has 14 heteroatoms. The summed E-state index contributed by atoms with van der Waals surface area (Å²) in [6.45, 7) is 0.602. The second-order valence-electron chi connectivity index (χ2n) is 8.18. The first-order valence-corrected chi connectivity index (χ1v) is 11.0. The van der Waals surface area contributed by atoms with Crippen LogP contribution in [-0.4, -0.2) is 154 Å². The Hall–Kier alpha value is -2.65. The highest BCUT2D eigenvalue weighted by molar-refractivity contribution is 5.81. The Morgan fingerprint density at radius 1 is 0.647 bits per heavy atom. The molecule has 0 spiro atoms. The van der Waals surface area contributed by atoms with Crippen molar-refractivity contribution in [3.05, 3.63) is 0 Å². The minimum Gasteiger partial charge on any atom is -0.480 e. The summed E-state index contributed by atoms with van der Waals surface area (Å²) in [6, 6.07) is -1.03. The Kier molecular flexibility index (Phi) is 13.2. The van der Waals surface area contributed by atoms with Crippen LogP contribution in [0.3, 0.4) is 0 Å². The molecule has 1 aliphatic rings. The monoisotopic (exact) mass is 489 g/mol. The van der Waals surface area contributed by atoms with Gasteiger partial charge in [-0.05, 0) is 6.42 Å². The first kappa shape index (κ1) is 29.4. The summed E-state index contributed by atoms with van der Waals surface area (Å²) in [5.74, 6) is -4.61. The zero-order valence-corrected chi connectivity index (χ0v) is 19.2. The minimum absolute atomic E-state index is 0.0220. The average Bonchev–Trinajstić information content (AvgIpc) is 2.73. The first-order valence-electron chi connectivity index (χ1n) is 11.0. The largest absolute Gasteiger partial charge is 0.480 e. The van der Waals surface area contributed by atoms with Crippen LogP contribution in [-0.2, 0) is 24.0 Å². The summed E-state index contributed by atoms with van der Waals surface area (Å²) in [4.78, 5) is 63.9. The van der Waals surface area contributed by atoms with Crippen molar-refractivity contribution in [2.45, 2.75) is 18.9 Å². The summed E-state index contributed by atoms with van der Waals surface area (Å²) in [7, 11) is 0. The average molecular weight is 490 g/mol. The Labute approximate surface area is 197 Å². The van der Waals surface area contributed by atoms with Crippen LogP contribution in [0.2, 0.25) is 0 Å².